The van der Waals surface area contributed by atoms with Gasteiger partial charge >= 0.3 is 6.18 Å². The molecule has 1 aromatic carbocycles. The Kier molecular flexibility index (Phi) is 5.79. The van der Waals surface area contributed by atoms with Crippen LogP contribution < -0.4 is 0 Å². The summed E-state index contributed by atoms with van der Waals surface area (Å²) < 4.78 is 42.4. The summed E-state index contributed by atoms with van der Waals surface area (Å²) in [5.41, 5.74) is 2.36. The van der Waals surface area contributed by atoms with E-state index >= 15 is 0 Å². The number of hydrogen-bond donors (Lipinski definition) is 0. The molecule has 2 atom stereocenters. The number of thioether (sulfide) groups is 1. The number of halogens is 3. The van der Waals surface area contributed by atoms with E-state index in [4.69, 9.17) is 0 Å². The average molecular weight is 514 g/mol. The number of likely N-dealkylation sites (tertiary alicyclic amines) is 1. The highest BCUT2D eigenvalue weighted by atomic mass is 32.2. The molecule has 3 aromatic heterocycles. The van der Waals surface area contributed by atoms with Crippen molar-refractivity contribution >= 4 is 17.4 Å². The third-order valence-electron chi connectivity index (χ3n) is 7.54. The highest BCUT2D eigenvalue weighted by molar-refractivity contribution is 7.99. The fourth-order valence-corrected chi connectivity index (χ4v) is 6.34. The van der Waals surface area contributed by atoms with Crippen molar-refractivity contribution in [1.82, 2.24) is 34.3 Å². The van der Waals surface area contributed by atoms with Gasteiger partial charge in [0.2, 0.25) is 0 Å². The lowest BCUT2D eigenvalue weighted by atomic mass is 9.97. The predicted octanol–water partition coefficient (Wildman–Crippen LogP) is 4.91. The molecular weight excluding hydrogens is 487 g/mol. The van der Waals surface area contributed by atoms with Crippen molar-refractivity contribution in [2.75, 3.05) is 25.4 Å². The number of fused-ring (bicyclic) bond motifs is 1. The Morgan fingerprint density at radius 2 is 1.94 bits per heavy atom. The third kappa shape index (κ3) is 4.28. The van der Waals surface area contributed by atoms with Gasteiger partial charge in [-0.2, -0.15) is 13.2 Å². The zero-order chi connectivity index (χ0) is 24.9. The van der Waals surface area contributed by atoms with Gasteiger partial charge in [0.25, 0.3) is 0 Å². The normalized spacial score (nSPS) is 22.2. The van der Waals surface area contributed by atoms with Gasteiger partial charge in [0.15, 0.2) is 16.6 Å². The first-order chi connectivity index (χ1) is 17.3. The fourth-order valence-electron chi connectivity index (χ4n) is 5.50. The third-order valence-corrected chi connectivity index (χ3v) is 8.65. The highest BCUT2D eigenvalue weighted by Gasteiger charge is 2.57. The maximum Gasteiger partial charge on any atom is 0.416 e. The van der Waals surface area contributed by atoms with Crippen LogP contribution in [-0.4, -0.2) is 59.6 Å². The van der Waals surface area contributed by atoms with Crippen molar-refractivity contribution in [3.8, 4) is 11.4 Å². The van der Waals surface area contributed by atoms with Crippen LogP contribution in [0.15, 0.2) is 54.1 Å². The molecule has 0 N–H and O–H groups in total. The molecule has 1 saturated heterocycles. The van der Waals surface area contributed by atoms with E-state index in [-0.39, 0.29) is 5.41 Å². The van der Waals surface area contributed by atoms with Crippen LogP contribution in [0, 0.1) is 5.41 Å². The second-order valence-electron chi connectivity index (χ2n) is 9.82. The Labute approximate surface area is 210 Å². The van der Waals surface area contributed by atoms with Crippen molar-refractivity contribution in [3.63, 3.8) is 0 Å². The number of hydrogen-bond acceptors (Lipinski definition) is 6. The first kappa shape index (κ1) is 23.5. The maximum atomic E-state index is 12.9. The standard InChI is InChI=1S/C25H26F3N7S/c1-33-21(19-4-2-11-35-16-29-30-22(19)35)31-32-23(33)36-13-3-10-34-12-9-24(15-34)14-20(24)17-5-7-18(8-6-17)25(26,27)28/h2,4-8,11,16,20H,3,9-10,12-15H2,1H3/t20-,24?/m1/s1. The predicted molar refractivity (Wildman–Crippen MR) is 131 cm³/mol. The lowest BCUT2D eigenvalue weighted by Crippen LogP contribution is -2.23. The van der Waals surface area contributed by atoms with Gasteiger partial charge in [0.05, 0.1) is 11.1 Å². The minimum atomic E-state index is -4.28. The summed E-state index contributed by atoms with van der Waals surface area (Å²) in [7, 11) is 1.97. The summed E-state index contributed by atoms with van der Waals surface area (Å²) in [6.07, 6.45) is 2.52. The molecule has 2 fully saturated rings. The van der Waals surface area contributed by atoms with Crippen LogP contribution in [0.2, 0.25) is 0 Å². The Morgan fingerprint density at radius 1 is 1.11 bits per heavy atom. The molecule has 1 unspecified atom stereocenters. The van der Waals surface area contributed by atoms with Gasteiger partial charge in [-0.3, -0.25) is 4.40 Å². The van der Waals surface area contributed by atoms with E-state index in [0.29, 0.717) is 5.92 Å². The molecule has 2 aliphatic rings. The quantitative estimate of drug-likeness (QED) is 0.259. The second kappa shape index (κ2) is 8.88. The van der Waals surface area contributed by atoms with Crippen LogP contribution >= 0.6 is 11.8 Å². The molecule has 7 nitrogen and oxygen atoms in total. The molecule has 0 amide bonds. The van der Waals surface area contributed by atoms with Crippen LogP contribution in [0.25, 0.3) is 17.0 Å². The molecule has 0 radical (unpaired) electrons. The SMILES string of the molecule is Cn1c(SCCCN2CCC3(C[C@@H]3c3ccc(C(F)(F)F)cc3)C2)nnc1-c1cccn2cnnc12. The van der Waals surface area contributed by atoms with Crippen molar-refractivity contribution < 1.29 is 13.2 Å². The smallest absolute Gasteiger partial charge is 0.305 e. The van der Waals surface area contributed by atoms with Gasteiger partial charge in [-0.05, 0) is 73.5 Å². The van der Waals surface area contributed by atoms with Gasteiger partial charge in [-0.25, -0.2) is 0 Å². The van der Waals surface area contributed by atoms with Gasteiger partial charge < -0.3 is 9.47 Å². The summed E-state index contributed by atoms with van der Waals surface area (Å²) in [5, 5.41) is 17.8. The van der Waals surface area contributed by atoms with Gasteiger partial charge in [0.1, 0.15) is 6.33 Å². The second-order valence-corrected chi connectivity index (χ2v) is 10.9. The number of nitrogens with zero attached hydrogens (tertiary/aromatic N) is 7. The summed E-state index contributed by atoms with van der Waals surface area (Å²) in [5.74, 6) is 2.08. The van der Waals surface area contributed by atoms with Gasteiger partial charge in [0, 0.05) is 25.5 Å². The van der Waals surface area contributed by atoms with Gasteiger partial charge in [-0.1, -0.05) is 23.9 Å². The Hall–Kier alpha value is -2.92. The van der Waals surface area contributed by atoms with E-state index in [2.05, 4.69) is 25.3 Å². The number of alkyl halides is 3. The summed E-state index contributed by atoms with van der Waals surface area (Å²) in [4.78, 5) is 2.50. The van der Waals surface area contributed by atoms with E-state index in [0.717, 1.165) is 72.4 Å². The maximum absolute atomic E-state index is 12.9. The lowest BCUT2D eigenvalue weighted by molar-refractivity contribution is -0.137. The molecule has 1 aliphatic heterocycles. The number of aromatic nitrogens is 6. The molecule has 1 saturated carbocycles. The monoisotopic (exact) mass is 513 g/mol. The zero-order valence-corrected chi connectivity index (χ0v) is 20.6. The molecule has 4 aromatic rings. The van der Waals surface area contributed by atoms with Gasteiger partial charge in [-0.15, -0.1) is 20.4 Å². The summed E-state index contributed by atoms with van der Waals surface area (Å²) >= 11 is 1.70. The van der Waals surface area contributed by atoms with Crippen LogP contribution in [0.1, 0.15) is 36.3 Å². The lowest BCUT2D eigenvalue weighted by Gasteiger charge is -2.16. The number of benzene rings is 1. The Balaban J connectivity index is 1.00. The zero-order valence-electron chi connectivity index (χ0n) is 19.8. The van der Waals surface area contributed by atoms with Crippen molar-refractivity contribution in [1.29, 1.82) is 0 Å². The van der Waals surface area contributed by atoms with Crippen LogP contribution in [0.5, 0.6) is 0 Å². The minimum Gasteiger partial charge on any atom is -0.305 e. The van der Waals surface area contributed by atoms with Crippen LogP contribution in [0.4, 0.5) is 13.2 Å². The van der Waals surface area contributed by atoms with Crippen LogP contribution in [0.3, 0.4) is 0 Å². The molecular formula is C25H26F3N7S. The topological polar surface area (TPSA) is 64.1 Å². The van der Waals surface area contributed by atoms with E-state index in [9.17, 15) is 13.2 Å². The Morgan fingerprint density at radius 3 is 2.75 bits per heavy atom. The van der Waals surface area contributed by atoms with E-state index in [1.54, 1.807) is 30.2 Å². The first-order valence-corrected chi connectivity index (χ1v) is 13.0. The number of rotatable bonds is 7. The van der Waals surface area contributed by atoms with E-state index < -0.39 is 11.7 Å². The van der Waals surface area contributed by atoms with Crippen molar-refractivity contribution in [2.24, 2.45) is 12.5 Å². The first-order valence-electron chi connectivity index (χ1n) is 12.0. The highest BCUT2D eigenvalue weighted by Crippen LogP contribution is 2.64. The number of pyridine rings is 1. The summed E-state index contributed by atoms with van der Waals surface area (Å²) in [6, 6.07) is 9.69. The van der Waals surface area contributed by atoms with E-state index in [1.165, 1.54) is 12.1 Å². The molecule has 11 heteroatoms. The molecule has 4 heterocycles. The molecule has 36 heavy (non-hydrogen) atoms. The Bertz CT molecular complexity index is 1380. The van der Waals surface area contributed by atoms with Crippen LogP contribution in [-0.2, 0) is 13.2 Å². The molecule has 188 valence electrons. The largest absolute Gasteiger partial charge is 0.416 e. The average Bonchev–Trinajstić information content (AvgIpc) is 3.19. The minimum absolute atomic E-state index is 0.244. The molecule has 1 aliphatic carbocycles. The molecule has 6 rings (SSSR count). The van der Waals surface area contributed by atoms with Crippen molar-refractivity contribution in [3.05, 3.63) is 60.0 Å². The van der Waals surface area contributed by atoms with Crippen molar-refractivity contribution in [2.45, 2.75) is 36.5 Å². The molecule has 0 bridgehead atoms. The summed E-state index contributed by atoms with van der Waals surface area (Å²) in [6.45, 7) is 3.09. The molecule has 1 spiro atoms. The fraction of sp³-hybridized carbons (Fsp3) is 0.440. The van der Waals surface area contributed by atoms with E-state index in [1.807, 2.05) is 34.3 Å².